The van der Waals surface area contributed by atoms with E-state index in [0.717, 1.165) is 17.9 Å². The summed E-state index contributed by atoms with van der Waals surface area (Å²) in [4.78, 5) is 16.1. The van der Waals surface area contributed by atoms with Gasteiger partial charge in [-0.05, 0) is 51.3 Å². The van der Waals surface area contributed by atoms with E-state index in [9.17, 15) is 23.1 Å². The van der Waals surface area contributed by atoms with E-state index in [-0.39, 0.29) is 17.0 Å². The number of hydrogen-bond acceptors (Lipinski definition) is 6. The number of nitrogens with one attached hydrogen (secondary N) is 3. The van der Waals surface area contributed by atoms with E-state index in [2.05, 4.69) is 15.6 Å². The Balaban J connectivity index is 2.38. The van der Waals surface area contributed by atoms with Gasteiger partial charge in [-0.2, -0.15) is 24.9 Å². The lowest BCUT2D eigenvalue weighted by molar-refractivity contribution is -0.141. The fourth-order valence-corrected chi connectivity index (χ4v) is 3.20. The standard InChI is InChI=1S/C20H25F3N4O2S/c1-18(2,29)12-10-15(24)19(3,25-8-9-30-4)11-14(12)27-17(28)13-6-5-7-16(26-13)20(21,22)23/h5-7,10-11,24-25,29H,8-9H2,1-4H3,(H,27,28). The van der Waals surface area contributed by atoms with Crippen molar-refractivity contribution < 1.29 is 23.1 Å². The van der Waals surface area contributed by atoms with Crippen LogP contribution in [0.1, 0.15) is 37.0 Å². The lowest BCUT2D eigenvalue weighted by atomic mass is 9.81. The molecule has 1 aromatic heterocycles. The first-order valence-corrected chi connectivity index (χ1v) is 10.5. The van der Waals surface area contributed by atoms with Gasteiger partial charge in [0.2, 0.25) is 0 Å². The van der Waals surface area contributed by atoms with Crippen LogP contribution in [0, 0.1) is 5.41 Å². The molecule has 0 fully saturated rings. The minimum Gasteiger partial charge on any atom is -0.386 e. The molecule has 10 heteroatoms. The third kappa shape index (κ3) is 5.71. The van der Waals surface area contributed by atoms with Crippen molar-refractivity contribution in [2.45, 2.75) is 38.1 Å². The zero-order valence-corrected chi connectivity index (χ0v) is 18.0. The molecule has 30 heavy (non-hydrogen) atoms. The maximum absolute atomic E-state index is 12.9. The largest absolute Gasteiger partial charge is 0.433 e. The molecule has 0 saturated heterocycles. The van der Waals surface area contributed by atoms with Crippen LogP contribution in [0.5, 0.6) is 0 Å². The lowest BCUT2D eigenvalue weighted by Crippen LogP contribution is -2.51. The topological polar surface area (TPSA) is 98.1 Å². The van der Waals surface area contributed by atoms with Gasteiger partial charge in [0.05, 0.1) is 16.9 Å². The van der Waals surface area contributed by atoms with E-state index in [1.807, 2.05) is 6.26 Å². The van der Waals surface area contributed by atoms with Gasteiger partial charge < -0.3 is 21.1 Å². The molecule has 1 aliphatic carbocycles. The Labute approximate surface area is 177 Å². The van der Waals surface area contributed by atoms with Crippen molar-refractivity contribution in [3.63, 3.8) is 0 Å². The molecule has 2 rings (SSSR count). The Morgan fingerprint density at radius 3 is 2.57 bits per heavy atom. The first-order valence-electron chi connectivity index (χ1n) is 9.14. The number of carbonyl (C=O) groups is 1. The lowest BCUT2D eigenvalue weighted by Gasteiger charge is -2.36. The van der Waals surface area contributed by atoms with Crippen LogP contribution in [0.25, 0.3) is 0 Å². The molecule has 0 aromatic carbocycles. The number of thioether (sulfide) groups is 1. The zero-order valence-electron chi connectivity index (χ0n) is 17.1. The number of amides is 1. The Kier molecular flexibility index (Phi) is 7.16. The Morgan fingerprint density at radius 1 is 1.33 bits per heavy atom. The molecule has 1 aromatic rings. The van der Waals surface area contributed by atoms with Crippen molar-refractivity contribution in [2.24, 2.45) is 0 Å². The molecule has 4 N–H and O–H groups in total. The molecule has 0 saturated carbocycles. The molecular weight excluding hydrogens is 417 g/mol. The predicted molar refractivity (Wildman–Crippen MR) is 112 cm³/mol. The summed E-state index contributed by atoms with van der Waals surface area (Å²) < 4.78 is 38.8. The molecule has 1 unspecified atom stereocenters. The Bertz CT molecular complexity index is 891. The van der Waals surface area contributed by atoms with Gasteiger partial charge in [-0.25, -0.2) is 4.98 Å². The normalized spacial score (nSPS) is 19.9. The minimum absolute atomic E-state index is 0.191. The molecule has 164 valence electrons. The van der Waals surface area contributed by atoms with Crippen LogP contribution < -0.4 is 10.6 Å². The molecule has 1 atom stereocenters. The summed E-state index contributed by atoms with van der Waals surface area (Å²) in [6.07, 6.45) is 0.329. The number of rotatable bonds is 7. The van der Waals surface area contributed by atoms with Gasteiger partial charge in [0, 0.05) is 23.6 Å². The first kappa shape index (κ1) is 24.1. The second-order valence-electron chi connectivity index (χ2n) is 7.57. The fraction of sp³-hybridized carbons (Fsp3) is 0.450. The molecule has 1 amide bonds. The van der Waals surface area contributed by atoms with E-state index < -0.39 is 34.6 Å². The van der Waals surface area contributed by atoms with Crippen LogP contribution in [0.4, 0.5) is 13.2 Å². The van der Waals surface area contributed by atoms with E-state index in [4.69, 9.17) is 5.41 Å². The SMILES string of the molecule is CSCCNC1(C)C=C(NC(=O)c2cccc(C(F)(F)F)n2)C(C(C)(C)O)=CC1=N. The quantitative estimate of drug-likeness (QED) is 0.487. The predicted octanol–water partition coefficient (Wildman–Crippen LogP) is 3.16. The van der Waals surface area contributed by atoms with Gasteiger partial charge in [-0.15, -0.1) is 0 Å². The zero-order chi connectivity index (χ0) is 22.7. The molecular formula is C20H25F3N4O2S. The summed E-state index contributed by atoms with van der Waals surface area (Å²) in [5, 5.41) is 24.7. The molecule has 0 aliphatic heterocycles. The first-order chi connectivity index (χ1) is 13.8. The monoisotopic (exact) mass is 442 g/mol. The number of carbonyl (C=O) groups excluding carboxylic acids is 1. The molecule has 0 radical (unpaired) electrons. The van der Waals surface area contributed by atoms with Crippen molar-refractivity contribution in [1.29, 1.82) is 5.41 Å². The summed E-state index contributed by atoms with van der Waals surface area (Å²) in [5.41, 5.74) is -3.22. The van der Waals surface area contributed by atoms with E-state index in [1.54, 1.807) is 24.8 Å². The van der Waals surface area contributed by atoms with Crippen LogP contribution in [-0.2, 0) is 6.18 Å². The smallest absolute Gasteiger partial charge is 0.386 e. The summed E-state index contributed by atoms with van der Waals surface area (Å²) in [6.45, 7) is 5.34. The minimum atomic E-state index is -4.67. The summed E-state index contributed by atoms with van der Waals surface area (Å²) in [5.74, 6) is -0.0448. The molecule has 0 spiro atoms. The van der Waals surface area contributed by atoms with Crippen molar-refractivity contribution >= 4 is 23.4 Å². The number of aromatic nitrogens is 1. The van der Waals surface area contributed by atoms with Gasteiger partial charge in [-0.3, -0.25) is 4.79 Å². The van der Waals surface area contributed by atoms with Gasteiger partial charge in [0.25, 0.3) is 5.91 Å². The average Bonchev–Trinajstić information content (AvgIpc) is 2.63. The highest BCUT2D eigenvalue weighted by Crippen LogP contribution is 2.31. The average molecular weight is 443 g/mol. The van der Waals surface area contributed by atoms with E-state index >= 15 is 0 Å². The Hall–Kier alpha value is -2.17. The third-order valence-electron chi connectivity index (χ3n) is 4.55. The molecule has 1 heterocycles. The number of pyridine rings is 1. The number of aliphatic hydroxyl groups is 1. The molecule has 6 nitrogen and oxygen atoms in total. The van der Waals surface area contributed by atoms with Crippen LogP contribution in [0.15, 0.2) is 41.6 Å². The van der Waals surface area contributed by atoms with Crippen molar-refractivity contribution in [3.05, 3.63) is 53.0 Å². The number of alkyl halides is 3. The van der Waals surface area contributed by atoms with Crippen LogP contribution in [0.3, 0.4) is 0 Å². The van der Waals surface area contributed by atoms with Crippen LogP contribution in [0.2, 0.25) is 0 Å². The van der Waals surface area contributed by atoms with E-state index in [1.165, 1.54) is 26.0 Å². The number of hydrogen-bond donors (Lipinski definition) is 4. The molecule has 1 aliphatic rings. The fourth-order valence-electron chi connectivity index (χ4n) is 2.89. The van der Waals surface area contributed by atoms with Crippen molar-refractivity contribution in [2.75, 3.05) is 18.6 Å². The molecule has 0 bridgehead atoms. The highest BCUT2D eigenvalue weighted by molar-refractivity contribution is 7.98. The van der Waals surface area contributed by atoms with Gasteiger partial charge in [0.15, 0.2) is 0 Å². The maximum Gasteiger partial charge on any atom is 0.433 e. The van der Waals surface area contributed by atoms with Gasteiger partial charge in [0.1, 0.15) is 11.4 Å². The highest BCUT2D eigenvalue weighted by atomic mass is 32.2. The highest BCUT2D eigenvalue weighted by Gasteiger charge is 2.36. The van der Waals surface area contributed by atoms with Gasteiger partial charge in [-0.1, -0.05) is 6.07 Å². The van der Waals surface area contributed by atoms with Crippen molar-refractivity contribution in [3.8, 4) is 0 Å². The van der Waals surface area contributed by atoms with Gasteiger partial charge >= 0.3 is 6.18 Å². The third-order valence-corrected chi connectivity index (χ3v) is 5.16. The van der Waals surface area contributed by atoms with Crippen molar-refractivity contribution in [1.82, 2.24) is 15.6 Å². The van der Waals surface area contributed by atoms with Crippen LogP contribution in [-0.4, -0.2) is 51.4 Å². The second kappa shape index (κ2) is 8.91. The maximum atomic E-state index is 12.9. The summed E-state index contributed by atoms with van der Waals surface area (Å²) in [7, 11) is 0. The Morgan fingerprint density at radius 2 is 2.00 bits per heavy atom. The summed E-state index contributed by atoms with van der Waals surface area (Å²) in [6, 6.07) is 3.07. The van der Waals surface area contributed by atoms with E-state index in [0.29, 0.717) is 6.54 Å². The second-order valence-corrected chi connectivity index (χ2v) is 8.56. The number of halogens is 3. The van der Waals surface area contributed by atoms with Crippen LogP contribution >= 0.6 is 11.8 Å². The number of nitrogens with zero attached hydrogens (tertiary/aromatic N) is 1. The summed E-state index contributed by atoms with van der Waals surface area (Å²) >= 11 is 1.63.